The molecule has 168 valence electrons. The summed E-state index contributed by atoms with van der Waals surface area (Å²) in [5.74, 6) is 0. The first-order valence-electron chi connectivity index (χ1n) is 18.1. The summed E-state index contributed by atoms with van der Waals surface area (Å²) in [6, 6.07) is -10.4. The third-order valence-corrected chi connectivity index (χ3v) is 6.21. The average Bonchev–Trinajstić information content (AvgIpc) is 3.53. The van der Waals surface area contributed by atoms with Gasteiger partial charge in [-0.1, -0.05) is 78.6 Å². The molecule has 0 aliphatic carbocycles. The fraction of sp³-hybridized carbons (Fsp3) is 0.200. The van der Waals surface area contributed by atoms with Gasteiger partial charge in [0.15, 0.2) is 0 Å². The summed E-state index contributed by atoms with van der Waals surface area (Å²) in [7, 11) is -1.24. The zero-order valence-corrected chi connectivity index (χ0v) is 18.8. The van der Waals surface area contributed by atoms with Gasteiger partial charge >= 0.3 is 7.12 Å². The maximum absolute atomic E-state index is 9.03. The Balaban J connectivity index is 1.73. The van der Waals surface area contributed by atoms with Gasteiger partial charge in [-0.05, 0) is 67.5 Å². The van der Waals surface area contributed by atoms with Crippen molar-refractivity contribution in [2.24, 2.45) is 0 Å². The van der Waals surface area contributed by atoms with Crippen molar-refractivity contribution < 1.29 is 34.3 Å². The lowest BCUT2D eigenvalue weighted by Crippen LogP contribution is -2.41. The SMILES string of the molecule is [2H]c1c([2H])c([2H])c(-c2c([2H])c([2H])c(-c3c([2H])c([2H])c([2H])c4oc5c([2H])c(B6OC(C)(C)C(C)(C)O6)c([2H])c([2H])c5c34)c([2H])c2[2H])c([2H])c1[2H]. The highest BCUT2D eigenvalue weighted by atomic mass is 16.7. The van der Waals surface area contributed by atoms with Crippen molar-refractivity contribution in [3.8, 4) is 22.3 Å². The molecule has 1 saturated heterocycles. The molecule has 0 unspecified atom stereocenters. The maximum atomic E-state index is 9.03. The van der Waals surface area contributed by atoms with Crippen molar-refractivity contribution in [3.63, 3.8) is 0 Å². The Bertz CT molecular complexity index is 2240. The van der Waals surface area contributed by atoms with E-state index in [1.54, 1.807) is 27.7 Å². The topological polar surface area (TPSA) is 31.6 Å². The van der Waals surface area contributed by atoms with Crippen LogP contribution in [-0.4, -0.2) is 18.3 Å². The molecule has 4 aromatic carbocycles. The molecule has 0 radical (unpaired) electrons. The van der Waals surface area contributed by atoms with Gasteiger partial charge in [0.2, 0.25) is 0 Å². The first kappa shape index (κ1) is 10.5. The molecule has 4 heteroatoms. The lowest BCUT2D eigenvalue weighted by molar-refractivity contribution is 0.00578. The molecule has 0 N–H and O–H groups in total. The minimum atomic E-state index is -1.24. The minimum Gasteiger partial charge on any atom is -0.456 e. The van der Waals surface area contributed by atoms with Crippen LogP contribution in [0.15, 0.2) is 95.1 Å². The Kier molecular flexibility index (Phi) is 2.35. The maximum Gasteiger partial charge on any atom is 0.494 e. The standard InChI is InChI=1S/C30H27BO3/c1-29(2)30(3,4)34-31(33-29)23-17-18-25-27(19-23)32-26-12-8-11-24(28(25)26)22-15-13-21(14-16-22)20-9-6-5-7-10-20/h5-19H,1-4H3/i5D,6D,7D,8D,9D,10D,11D,12D,13D,14D,15D,16D,17D,18D,19D. The number of hydrogen-bond acceptors (Lipinski definition) is 3. The van der Waals surface area contributed by atoms with Gasteiger partial charge in [-0.25, -0.2) is 0 Å². The van der Waals surface area contributed by atoms with E-state index in [0.29, 0.717) is 0 Å². The highest BCUT2D eigenvalue weighted by Crippen LogP contribution is 2.39. The third-order valence-electron chi connectivity index (χ3n) is 6.21. The molecule has 0 saturated carbocycles. The molecule has 6 rings (SSSR count). The molecule has 0 spiro atoms. The van der Waals surface area contributed by atoms with Gasteiger partial charge in [-0.3, -0.25) is 0 Å². The van der Waals surface area contributed by atoms with Crippen molar-refractivity contribution in [3.05, 3.63) is 90.6 Å². The van der Waals surface area contributed by atoms with E-state index in [1.807, 2.05) is 0 Å². The summed E-state index contributed by atoms with van der Waals surface area (Å²) < 4.78 is 147. The summed E-state index contributed by atoms with van der Waals surface area (Å²) in [6.45, 7) is 7.08. The first-order valence-corrected chi connectivity index (χ1v) is 10.6. The predicted molar refractivity (Wildman–Crippen MR) is 140 cm³/mol. The summed E-state index contributed by atoms with van der Waals surface area (Å²) >= 11 is 0. The molecule has 34 heavy (non-hydrogen) atoms. The number of furan rings is 1. The van der Waals surface area contributed by atoms with Crippen molar-refractivity contribution in [2.45, 2.75) is 38.9 Å². The van der Waals surface area contributed by atoms with E-state index < -0.39 is 137 Å². The first-order chi connectivity index (χ1) is 22.6. The summed E-state index contributed by atoms with van der Waals surface area (Å²) in [6.07, 6.45) is 0. The van der Waals surface area contributed by atoms with E-state index in [2.05, 4.69) is 0 Å². The van der Waals surface area contributed by atoms with Crippen LogP contribution in [-0.2, 0) is 9.31 Å². The average molecular weight is 461 g/mol. The Hall–Kier alpha value is -3.34. The molecule has 5 aromatic rings. The van der Waals surface area contributed by atoms with Crippen LogP contribution in [0.1, 0.15) is 48.3 Å². The van der Waals surface area contributed by atoms with Crippen LogP contribution in [0.2, 0.25) is 0 Å². The molecular formula is C30H27BO3. The van der Waals surface area contributed by atoms with E-state index in [1.165, 1.54) is 0 Å². The molecule has 0 bridgehead atoms. The number of benzene rings is 4. The molecule has 2 heterocycles. The van der Waals surface area contributed by atoms with E-state index in [-0.39, 0.29) is 21.8 Å². The van der Waals surface area contributed by atoms with Crippen molar-refractivity contribution in [1.29, 1.82) is 0 Å². The molecule has 1 aromatic heterocycles. The van der Waals surface area contributed by atoms with Crippen molar-refractivity contribution in [2.75, 3.05) is 0 Å². The smallest absolute Gasteiger partial charge is 0.456 e. The number of hydrogen-bond donors (Lipinski definition) is 0. The lowest BCUT2D eigenvalue weighted by Gasteiger charge is -2.32. The Morgan fingerprint density at radius 3 is 2.00 bits per heavy atom. The molecule has 1 aliphatic heterocycles. The quantitative estimate of drug-likeness (QED) is 0.266. The van der Waals surface area contributed by atoms with Gasteiger partial charge in [0.1, 0.15) is 11.2 Å². The molecule has 1 aliphatic rings. The normalized spacial score (nSPS) is 23.2. The number of rotatable bonds is 3. The van der Waals surface area contributed by atoms with Crippen LogP contribution in [0.3, 0.4) is 0 Å². The summed E-state index contributed by atoms with van der Waals surface area (Å²) in [5.41, 5.74) is -4.70. The van der Waals surface area contributed by atoms with Gasteiger partial charge in [0.25, 0.3) is 0 Å². The van der Waals surface area contributed by atoms with Gasteiger partial charge in [-0.15, -0.1) is 0 Å². The fourth-order valence-electron chi connectivity index (χ4n) is 3.67. The largest absolute Gasteiger partial charge is 0.494 e. The van der Waals surface area contributed by atoms with E-state index in [4.69, 9.17) is 34.3 Å². The monoisotopic (exact) mass is 461 g/mol. The van der Waals surface area contributed by atoms with Crippen LogP contribution in [0, 0.1) is 0 Å². The highest BCUT2D eigenvalue weighted by Gasteiger charge is 2.51. The lowest BCUT2D eigenvalue weighted by atomic mass is 9.79. The Labute approximate surface area is 221 Å². The molecule has 0 atom stereocenters. The zero-order valence-electron chi connectivity index (χ0n) is 33.8. The summed E-state index contributed by atoms with van der Waals surface area (Å²) in [5, 5.41) is -0.501. The zero-order chi connectivity index (χ0) is 36.6. The second-order valence-electron chi connectivity index (χ2n) is 8.89. The van der Waals surface area contributed by atoms with Gasteiger partial charge in [-0.2, -0.15) is 0 Å². The van der Waals surface area contributed by atoms with Crippen LogP contribution < -0.4 is 5.46 Å². The van der Waals surface area contributed by atoms with Crippen molar-refractivity contribution >= 4 is 34.5 Å². The van der Waals surface area contributed by atoms with Gasteiger partial charge in [0, 0.05) is 10.8 Å². The van der Waals surface area contributed by atoms with E-state index in [9.17, 15) is 0 Å². The molecule has 0 amide bonds. The van der Waals surface area contributed by atoms with Crippen LogP contribution >= 0.6 is 0 Å². The predicted octanol–water partition coefficient (Wildman–Crippen LogP) is 7.22. The second-order valence-corrected chi connectivity index (χ2v) is 8.89. The van der Waals surface area contributed by atoms with Crippen molar-refractivity contribution in [1.82, 2.24) is 0 Å². The molecule has 3 nitrogen and oxygen atoms in total. The minimum absolute atomic E-state index is 0.132. The Morgan fingerprint density at radius 1 is 0.647 bits per heavy atom. The number of fused-ring (bicyclic) bond motifs is 3. The molecular weight excluding hydrogens is 419 g/mol. The highest BCUT2D eigenvalue weighted by molar-refractivity contribution is 6.62. The summed E-state index contributed by atoms with van der Waals surface area (Å²) in [4.78, 5) is 0. The Morgan fingerprint density at radius 2 is 1.29 bits per heavy atom. The molecule has 1 fully saturated rings. The fourth-order valence-corrected chi connectivity index (χ4v) is 3.67. The van der Waals surface area contributed by atoms with Crippen LogP contribution in [0.25, 0.3) is 44.2 Å². The van der Waals surface area contributed by atoms with Crippen LogP contribution in [0.4, 0.5) is 0 Å². The second kappa shape index (κ2) is 7.59. The van der Waals surface area contributed by atoms with E-state index >= 15 is 0 Å². The van der Waals surface area contributed by atoms with E-state index in [0.717, 1.165) is 0 Å². The third kappa shape index (κ3) is 3.37. The van der Waals surface area contributed by atoms with Gasteiger partial charge < -0.3 is 13.7 Å². The van der Waals surface area contributed by atoms with Gasteiger partial charge in [0.05, 0.1) is 31.8 Å². The van der Waals surface area contributed by atoms with Crippen LogP contribution in [0.5, 0.6) is 0 Å².